The van der Waals surface area contributed by atoms with Gasteiger partial charge in [-0.15, -0.1) is 11.3 Å². The van der Waals surface area contributed by atoms with Gasteiger partial charge in [-0.2, -0.15) is 0 Å². The average molecular weight is 601 g/mol. The largest absolute Gasteiger partial charge is 0.456 e. The number of allylic oxidation sites excluding steroid dienone is 4. The lowest BCUT2D eigenvalue weighted by molar-refractivity contribution is 0.407. The summed E-state index contributed by atoms with van der Waals surface area (Å²) in [6, 6.07) is 18.2. The summed E-state index contributed by atoms with van der Waals surface area (Å²) in [6.45, 7) is 4.00. The van der Waals surface area contributed by atoms with Crippen molar-refractivity contribution >= 4 is 69.0 Å². The normalized spacial score (nSPS) is 17.5. The number of aryl methyl sites for hydroxylation is 2. The molecule has 0 saturated carbocycles. The van der Waals surface area contributed by atoms with Crippen LogP contribution in [0.3, 0.4) is 0 Å². The van der Waals surface area contributed by atoms with Gasteiger partial charge in [0.15, 0.2) is 0 Å². The first-order chi connectivity index (χ1) is 16.4. The third-order valence-electron chi connectivity index (χ3n) is 6.08. The second kappa shape index (κ2) is 9.50. The number of furan rings is 1. The van der Waals surface area contributed by atoms with Crippen LogP contribution in [0.5, 0.6) is 0 Å². The van der Waals surface area contributed by atoms with Gasteiger partial charge in [0, 0.05) is 28.9 Å². The van der Waals surface area contributed by atoms with E-state index < -0.39 is 7.52 Å². The van der Waals surface area contributed by atoms with Crippen molar-refractivity contribution in [1.82, 2.24) is 0 Å². The van der Waals surface area contributed by atoms with E-state index in [9.17, 15) is 4.57 Å². The molecule has 0 spiro atoms. The van der Waals surface area contributed by atoms with Crippen LogP contribution in [0.4, 0.5) is 5.69 Å². The Morgan fingerprint density at radius 1 is 1.15 bits per heavy atom. The van der Waals surface area contributed by atoms with E-state index >= 15 is 0 Å². The van der Waals surface area contributed by atoms with Crippen LogP contribution in [0.25, 0.3) is 16.5 Å². The Bertz CT molecular complexity index is 1450. The summed E-state index contributed by atoms with van der Waals surface area (Å²) in [5.74, 6) is 1.17. The van der Waals surface area contributed by atoms with Crippen LogP contribution in [0, 0.1) is 16.7 Å². The molecule has 2 atom stereocenters. The van der Waals surface area contributed by atoms with Gasteiger partial charge >= 0.3 is 7.52 Å². The molecule has 34 heavy (non-hydrogen) atoms. The van der Waals surface area contributed by atoms with Crippen molar-refractivity contribution in [3.8, 4) is 0 Å². The summed E-state index contributed by atoms with van der Waals surface area (Å²) >= 11 is 4.03. The molecule has 2 aromatic heterocycles. The number of fused-ring (bicyclic) bond motifs is 1. The third kappa shape index (κ3) is 4.57. The fourth-order valence-corrected chi connectivity index (χ4v) is 8.26. The molecule has 1 aliphatic carbocycles. The number of thiophene rings is 1. The Labute approximate surface area is 217 Å². The summed E-state index contributed by atoms with van der Waals surface area (Å²) in [4.78, 5) is 1.23. The SMILES string of the molecule is COP(=O)(Nc1cc(C2C=CC(c3cc4ccccc4o3)=CC2)sc1I)c1ccc(C)cc1C. The first-order valence-electron chi connectivity index (χ1n) is 11.0. The summed E-state index contributed by atoms with van der Waals surface area (Å²) in [6.07, 6.45) is 7.49. The van der Waals surface area contributed by atoms with Crippen LogP contribution in [0.1, 0.15) is 34.1 Å². The highest BCUT2D eigenvalue weighted by Gasteiger charge is 2.29. The maximum atomic E-state index is 13.7. The topological polar surface area (TPSA) is 51.5 Å². The van der Waals surface area contributed by atoms with Crippen LogP contribution >= 0.6 is 41.4 Å². The van der Waals surface area contributed by atoms with Crippen LogP contribution in [-0.4, -0.2) is 7.11 Å². The number of hydrogen-bond acceptors (Lipinski definition) is 4. The Hall–Kier alpha value is -2.12. The first kappa shape index (κ1) is 23.6. The number of benzene rings is 2. The molecule has 0 aliphatic heterocycles. The van der Waals surface area contributed by atoms with Crippen molar-refractivity contribution in [2.75, 3.05) is 12.2 Å². The molecule has 1 aliphatic rings. The van der Waals surface area contributed by atoms with E-state index in [1.807, 2.05) is 50.2 Å². The third-order valence-corrected chi connectivity index (χ3v) is 10.6. The quantitative estimate of drug-likeness (QED) is 0.178. The molecule has 5 rings (SSSR count). The van der Waals surface area contributed by atoms with Crippen molar-refractivity contribution in [3.05, 3.63) is 97.5 Å². The molecule has 0 fully saturated rings. The molecule has 2 unspecified atom stereocenters. The van der Waals surface area contributed by atoms with Gasteiger partial charge in [0.1, 0.15) is 11.3 Å². The van der Waals surface area contributed by atoms with E-state index in [-0.39, 0.29) is 5.92 Å². The zero-order chi connectivity index (χ0) is 23.9. The van der Waals surface area contributed by atoms with Crippen LogP contribution < -0.4 is 10.4 Å². The van der Waals surface area contributed by atoms with Crippen molar-refractivity contribution in [2.45, 2.75) is 26.2 Å². The summed E-state index contributed by atoms with van der Waals surface area (Å²) < 4.78 is 26.4. The van der Waals surface area contributed by atoms with E-state index in [0.717, 1.165) is 48.4 Å². The number of para-hydroxylation sites is 1. The summed E-state index contributed by atoms with van der Waals surface area (Å²) in [5.41, 5.74) is 4.96. The highest BCUT2D eigenvalue weighted by molar-refractivity contribution is 14.1. The number of halogens is 1. The molecular formula is C27H25INO3PS. The highest BCUT2D eigenvalue weighted by Crippen LogP contribution is 2.49. The molecule has 0 amide bonds. The van der Waals surface area contributed by atoms with Crippen molar-refractivity contribution < 1.29 is 13.5 Å². The van der Waals surface area contributed by atoms with E-state index in [0.29, 0.717) is 5.30 Å². The zero-order valence-corrected chi connectivity index (χ0v) is 23.0. The van der Waals surface area contributed by atoms with Gasteiger partial charge in [-0.25, -0.2) is 0 Å². The Kier molecular flexibility index (Phi) is 6.60. The zero-order valence-electron chi connectivity index (χ0n) is 19.2. The minimum atomic E-state index is -3.24. The minimum Gasteiger partial charge on any atom is -0.456 e. The molecule has 0 bridgehead atoms. The molecule has 1 N–H and O–H groups in total. The van der Waals surface area contributed by atoms with Crippen LogP contribution in [0.2, 0.25) is 0 Å². The maximum Gasteiger partial charge on any atom is 0.324 e. The average Bonchev–Trinajstić information content (AvgIpc) is 3.42. The second-order valence-corrected chi connectivity index (χ2v) is 13.5. The van der Waals surface area contributed by atoms with Crippen LogP contribution in [-0.2, 0) is 9.09 Å². The second-order valence-electron chi connectivity index (χ2n) is 8.48. The number of nitrogens with one attached hydrogen (secondary N) is 1. The van der Waals surface area contributed by atoms with Gasteiger partial charge in [-0.1, -0.05) is 54.1 Å². The Morgan fingerprint density at radius 3 is 2.68 bits per heavy atom. The molecule has 0 saturated heterocycles. The summed E-state index contributed by atoms with van der Waals surface area (Å²) in [7, 11) is -1.74. The molecule has 2 heterocycles. The number of hydrogen-bond donors (Lipinski definition) is 1. The number of anilines is 1. The van der Waals surface area contributed by atoms with Crippen molar-refractivity contribution in [2.24, 2.45) is 0 Å². The highest BCUT2D eigenvalue weighted by atomic mass is 127. The number of rotatable bonds is 6. The lowest BCUT2D eigenvalue weighted by Crippen LogP contribution is -2.16. The Balaban J connectivity index is 1.35. The van der Waals surface area contributed by atoms with Crippen LogP contribution in [0.15, 0.2) is 77.2 Å². The molecule has 7 heteroatoms. The molecule has 4 aromatic rings. The lowest BCUT2D eigenvalue weighted by atomic mass is 9.94. The standard InChI is InChI=1S/C27H25INO3PS/c1-17-8-13-25(18(2)14-17)33(30,31-3)29-22-16-26(34-27(22)28)20-11-9-19(10-12-20)24-15-21-6-4-5-7-23(21)32-24/h4-11,13-16,20H,12H2,1-3H3,(H,29,30). The monoisotopic (exact) mass is 601 g/mol. The minimum absolute atomic E-state index is 0.269. The van der Waals surface area contributed by atoms with E-state index in [2.05, 4.69) is 64.1 Å². The first-order valence-corrected chi connectivity index (χ1v) is 14.6. The predicted octanol–water partition coefficient (Wildman–Crippen LogP) is 8.42. The Morgan fingerprint density at radius 2 is 1.97 bits per heavy atom. The smallest absolute Gasteiger partial charge is 0.324 e. The maximum absolute atomic E-state index is 13.7. The summed E-state index contributed by atoms with van der Waals surface area (Å²) in [5, 5.41) is 5.06. The fourth-order valence-electron chi connectivity index (χ4n) is 4.28. The molecule has 2 aromatic carbocycles. The van der Waals surface area contributed by atoms with Gasteiger partial charge in [0.2, 0.25) is 0 Å². The predicted molar refractivity (Wildman–Crippen MR) is 152 cm³/mol. The lowest BCUT2D eigenvalue weighted by Gasteiger charge is -2.20. The fraction of sp³-hybridized carbons (Fsp3) is 0.185. The molecule has 4 nitrogen and oxygen atoms in total. The van der Waals surface area contributed by atoms with E-state index in [1.54, 1.807) is 11.3 Å². The van der Waals surface area contributed by atoms with Gasteiger partial charge < -0.3 is 14.0 Å². The molecule has 0 radical (unpaired) electrons. The molecule has 174 valence electrons. The van der Waals surface area contributed by atoms with Gasteiger partial charge in [-0.05, 0) is 72.7 Å². The van der Waals surface area contributed by atoms with Crippen molar-refractivity contribution in [1.29, 1.82) is 0 Å². The molecular weight excluding hydrogens is 576 g/mol. The van der Waals surface area contributed by atoms with Gasteiger partial charge in [-0.3, -0.25) is 4.57 Å². The van der Waals surface area contributed by atoms with Crippen molar-refractivity contribution in [3.63, 3.8) is 0 Å². The van der Waals surface area contributed by atoms with E-state index in [4.69, 9.17) is 8.94 Å². The van der Waals surface area contributed by atoms with E-state index in [1.165, 1.54) is 12.0 Å². The van der Waals surface area contributed by atoms with Gasteiger partial charge in [0.25, 0.3) is 0 Å². The van der Waals surface area contributed by atoms with Gasteiger partial charge in [0.05, 0.1) is 13.9 Å².